The van der Waals surface area contributed by atoms with Crippen LogP contribution in [0.15, 0.2) is 42.5 Å². The summed E-state index contributed by atoms with van der Waals surface area (Å²) >= 11 is 0. The Morgan fingerprint density at radius 3 is 2.55 bits per heavy atom. The first kappa shape index (κ1) is 19.7. The van der Waals surface area contributed by atoms with Crippen LogP contribution in [0.4, 0.5) is 0 Å². The standard InChI is InChI=1S/C24H27N5O2/c30-21(9-12-25-24(31)20-8-5-16-3-1-2-4-19(16)15-20)29-13-10-18(11-14-29)23-26-22(27-28-23)17-6-7-17/h1-5,8,15,17-18H,6-7,9-14H2,(H,25,31)(H,26,27,28). The first-order valence-electron chi connectivity index (χ1n) is 11.1. The summed E-state index contributed by atoms with van der Waals surface area (Å²) in [5.41, 5.74) is 0.615. The van der Waals surface area contributed by atoms with Gasteiger partial charge in [0.15, 0.2) is 5.82 Å². The Kier molecular flexibility index (Phi) is 5.40. The smallest absolute Gasteiger partial charge is 0.251 e. The molecule has 2 aromatic carbocycles. The summed E-state index contributed by atoms with van der Waals surface area (Å²) in [4.78, 5) is 31.6. The van der Waals surface area contributed by atoms with E-state index in [9.17, 15) is 9.59 Å². The van der Waals surface area contributed by atoms with Crippen LogP contribution in [0, 0.1) is 0 Å². The van der Waals surface area contributed by atoms with Crippen LogP contribution < -0.4 is 5.32 Å². The number of hydrogen-bond donors (Lipinski definition) is 2. The molecule has 0 atom stereocenters. The predicted molar refractivity (Wildman–Crippen MR) is 118 cm³/mol. The number of likely N-dealkylation sites (tertiary alicyclic amines) is 1. The molecule has 1 aromatic heterocycles. The van der Waals surface area contributed by atoms with Crippen molar-refractivity contribution in [2.75, 3.05) is 19.6 Å². The fraction of sp³-hybridized carbons (Fsp3) is 0.417. The van der Waals surface area contributed by atoms with Crippen molar-refractivity contribution in [2.24, 2.45) is 0 Å². The van der Waals surface area contributed by atoms with Crippen molar-refractivity contribution in [1.82, 2.24) is 25.4 Å². The second-order valence-corrected chi connectivity index (χ2v) is 8.58. The van der Waals surface area contributed by atoms with E-state index in [0.29, 0.717) is 30.4 Å². The fourth-order valence-corrected chi connectivity index (χ4v) is 4.27. The molecule has 2 N–H and O–H groups in total. The summed E-state index contributed by atoms with van der Waals surface area (Å²) in [7, 11) is 0. The van der Waals surface area contributed by atoms with Crippen molar-refractivity contribution >= 4 is 22.6 Å². The van der Waals surface area contributed by atoms with Crippen LogP contribution >= 0.6 is 0 Å². The highest BCUT2D eigenvalue weighted by molar-refractivity contribution is 5.98. The zero-order valence-corrected chi connectivity index (χ0v) is 17.5. The van der Waals surface area contributed by atoms with Gasteiger partial charge in [-0.15, -0.1) is 0 Å². The molecule has 0 radical (unpaired) electrons. The number of nitrogens with one attached hydrogen (secondary N) is 2. The van der Waals surface area contributed by atoms with E-state index in [0.717, 1.165) is 48.4 Å². The Labute approximate surface area is 181 Å². The number of rotatable bonds is 6. The van der Waals surface area contributed by atoms with Gasteiger partial charge in [-0.25, -0.2) is 4.98 Å². The Morgan fingerprint density at radius 2 is 1.77 bits per heavy atom. The molecule has 1 aliphatic carbocycles. The third kappa shape index (κ3) is 4.45. The van der Waals surface area contributed by atoms with E-state index in [2.05, 4.69) is 20.5 Å². The summed E-state index contributed by atoms with van der Waals surface area (Å²) in [6, 6.07) is 13.6. The van der Waals surface area contributed by atoms with Crippen LogP contribution in [0.2, 0.25) is 0 Å². The topological polar surface area (TPSA) is 91.0 Å². The lowest BCUT2D eigenvalue weighted by Gasteiger charge is -2.31. The van der Waals surface area contributed by atoms with Gasteiger partial charge in [0.1, 0.15) is 5.82 Å². The fourth-order valence-electron chi connectivity index (χ4n) is 4.27. The number of fused-ring (bicyclic) bond motifs is 1. The van der Waals surface area contributed by atoms with Gasteiger partial charge in [-0.3, -0.25) is 14.7 Å². The highest BCUT2D eigenvalue weighted by Gasteiger charge is 2.30. The molecule has 1 saturated carbocycles. The van der Waals surface area contributed by atoms with Gasteiger partial charge < -0.3 is 10.2 Å². The molecule has 1 saturated heterocycles. The second-order valence-electron chi connectivity index (χ2n) is 8.58. The minimum atomic E-state index is -0.144. The minimum Gasteiger partial charge on any atom is -0.352 e. The summed E-state index contributed by atoms with van der Waals surface area (Å²) in [6.07, 6.45) is 4.50. The Morgan fingerprint density at radius 1 is 1.00 bits per heavy atom. The van der Waals surface area contributed by atoms with Crippen molar-refractivity contribution in [3.05, 3.63) is 59.7 Å². The number of piperidine rings is 1. The Hall–Kier alpha value is -3.22. The molecule has 2 amide bonds. The van der Waals surface area contributed by atoms with Gasteiger partial charge in [0.2, 0.25) is 5.91 Å². The monoisotopic (exact) mass is 417 g/mol. The summed E-state index contributed by atoms with van der Waals surface area (Å²) in [6.45, 7) is 1.79. The normalized spacial score (nSPS) is 17.1. The van der Waals surface area contributed by atoms with Gasteiger partial charge >= 0.3 is 0 Å². The molecule has 7 nitrogen and oxygen atoms in total. The molecule has 1 aliphatic heterocycles. The lowest BCUT2D eigenvalue weighted by atomic mass is 9.96. The van der Waals surface area contributed by atoms with Gasteiger partial charge in [0.05, 0.1) is 0 Å². The lowest BCUT2D eigenvalue weighted by Crippen LogP contribution is -2.39. The molecular weight excluding hydrogens is 390 g/mol. The number of nitrogens with zero attached hydrogens (tertiary/aromatic N) is 3. The van der Waals surface area contributed by atoms with E-state index in [1.807, 2.05) is 47.4 Å². The minimum absolute atomic E-state index is 0.0912. The molecule has 2 aliphatic rings. The molecule has 0 unspecified atom stereocenters. The number of carbonyl (C=O) groups excluding carboxylic acids is 2. The average molecular weight is 418 g/mol. The van der Waals surface area contributed by atoms with E-state index in [1.165, 1.54) is 12.8 Å². The van der Waals surface area contributed by atoms with Gasteiger partial charge in [-0.2, -0.15) is 5.10 Å². The van der Waals surface area contributed by atoms with Crippen molar-refractivity contribution in [2.45, 2.75) is 43.9 Å². The van der Waals surface area contributed by atoms with Crippen LogP contribution in [0.3, 0.4) is 0 Å². The Bertz CT molecular complexity index is 1100. The summed E-state index contributed by atoms with van der Waals surface area (Å²) in [5.74, 6) is 2.77. The maximum atomic E-state index is 12.6. The van der Waals surface area contributed by atoms with E-state index < -0.39 is 0 Å². The third-order valence-corrected chi connectivity index (χ3v) is 6.33. The quantitative estimate of drug-likeness (QED) is 0.643. The first-order valence-corrected chi connectivity index (χ1v) is 11.1. The van der Waals surface area contributed by atoms with Crippen LogP contribution in [0.1, 0.15) is 65.9 Å². The van der Waals surface area contributed by atoms with Crippen molar-refractivity contribution in [3.8, 4) is 0 Å². The molecule has 5 rings (SSSR count). The Balaban J connectivity index is 1.08. The van der Waals surface area contributed by atoms with E-state index in [-0.39, 0.29) is 11.8 Å². The number of aromatic amines is 1. The molecule has 0 bridgehead atoms. The van der Waals surface area contributed by atoms with Gasteiger partial charge in [-0.05, 0) is 48.6 Å². The predicted octanol–water partition coefficient (Wildman–Crippen LogP) is 3.36. The zero-order chi connectivity index (χ0) is 21.2. The number of hydrogen-bond acceptors (Lipinski definition) is 4. The third-order valence-electron chi connectivity index (χ3n) is 6.33. The van der Waals surface area contributed by atoms with Crippen LogP contribution in [-0.4, -0.2) is 51.5 Å². The number of aromatic nitrogens is 3. The van der Waals surface area contributed by atoms with Crippen molar-refractivity contribution in [1.29, 1.82) is 0 Å². The molecule has 160 valence electrons. The number of H-pyrrole nitrogens is 1. The van der Waals surface area contributed by atoms with Crippen LogP contribution in [0.25, 0.3) is 10.8 Å². The van der Waals surface area contributed by atoms with Crippen LogP contribution in [0.5, 0.6) is 0 Å². The van der Waals surface area contributed by atoms with Crippen LogP contribution in [-0.2, 0) is 4.79 Å². The highest BCUT2D eigenvalue weighted by Crippen LogP contribution is 2.38. The van der Waals surface area contributed by atoms with E-state index in [1.54, 1.807) is 0 Å². The van der Waals surface area contributed by atoms with Gasteiger partial charge in [0.25, 0.3) is 5.91 Å². The van der Waals surface area contributed by atoms with Crippen molar-refractivity contribution < 1.29 is 9.59 Å². The van der Waals surface area contributed by atoms with Gasteiger partial charge in [0, 0.05) is 43.5 Å². The maximum absolute atomic E-state index is 12.6. The molecule has 2 heterocycles. The molecule has 7 heteroatoms. The first-order chi connectivity index (χ1) is 15.2. The van der Waals surface area contributed by atoms with E-state index >= 15 is 0 Å². The zero-order valence-electron chi connectivity index (χ0n) is 17.5. The average Bonchev–Trinajstić information content (AvgIpc) is 3.55. The number of amides is 2. The number of benzene rings is 2. The maximum Gasteiger partial charge on any atom is 0.251 e. The molecule has 2 fully saturated rings. The summed E-state index contributed by atoms with van der Waals surface area (Å²) in [5, 5.41) is 12.5. The summed E-state index contributed by atoms with van der Waals surface area (Å²) < 4.78 is 0. The molecule has 0 spiro atoms. The molecule has 3 aromatic rings. The van der Waals surface area contributed by atoms with Crippen molar-refractivity contribution in [3.63, 3.8) is 0 Å². The lowest BCUT2D eigenvalue weighted by molar-refractivity contribution is -0.132. The largest absolute Gasteiger partial charge is 0.352 e. The van der Waals surface area contributed by atoms with Gasteiger partial charge in [-0.1, -0.05) is 30.3 Å². The molecular formula is C24H27N5O2. The SMILES string of the molecule is O=C(NCCC(=O)N1CCC(c2nc(C3CC3)n[nH]2)CC1)c1ccc2ccccc2c1. The second kappa shape index (κ2) is 8.49. The number of carbonyl (C=O) groups is 2. The molecule has 31 heavy (non-hydrogen) atoms. The highest BCUT2D eigenvalue weighted by atomic mass is 16.2. The van der Waals surface area contributed by atoms with E-state index in [4.69, 9.17) is 0 Å².